The summed E-state index contributed by atoms with van der Waals surface area (Å²) in [6.07, 6.45) is 6.44. The molecule has 0 atom stereocenters. The lowest BCUT2D eigenvalue weighted by Crippen LogP contribution is -2.26. The van der Waals surface area contributed by atoms with Crippen molar-refractivity contribution in [2.24, 2.45) is 0 Å². The molecule has 0 unspecified atom stereocenters. The van der Waals surface area contributed by atoms with E-state index in [1.807, 2.05) is 6.08 Å². The molecule has 14 rings (SSSR count). The van der Waals surface area contributed by atoms with Gasteiger partial charge in [-0.25, -0.2) is 0 Å². The van der Waals surface area contributed by atoms with Crippen molar-refractivity contribution in [3.05, 3.63) is 241 Å². The predicted octanol–water partition coefficient (Wildman–Crippen LogP) is 17.8. The van der Waals surface area contributed by atoms with Crippen molar-refractivity contribution >= 4 is 71.0 Å². The first-order valence-corrected chi connectivity index (χ1v) is 24.7. The van der Waals surface area contributed by atoms with Gasteiger partial charge in [-0.2, -0.15) is 0 Å². The molecule has 4 heterocycles. The molecule has 0 saturated carbocycles. The van der Waals surface area contributed by atoms with E-state index in [1.54, 1.807) is 0 Å². The van der Waals surface area contributed by atoms with Crippen LogP contribution in [-0.2, 0) is 10.8 Å². The Morgan fingerprint density at radius 3 is 1.61 bits per heavy atom. The van der Waals surface area contributed by atoms with Crippen molar-refractivity contribution in [3.8, 4) is 39.3 Å². The Bertz CT molecular complexity index is 4290. The molecule has 3 aromatic heterocycles. The highest BCUT2D eigenvalue weighted by molar-refractivity contribution is 6.16. The fourth-order valence-electron chi connectivity index (χ4n) is 12.9. The minimum Gasteiger partial charge on any atom is -0.309 e. The van der Waals surface area contributed by atoms with E-state index in [-0.39, 0.29) is 10.8 Å². The fourth-order valence-corrected chi connectivity index (χ4v) is 12.9. The first-order valence-electron chi connectivity index (χ1n) is 24.7. The number of para-hydroxylation sites is 3. The lowest BCUT2D eigenvalue weighted by atomic mass is 9.75. The summed E-state index contributed by atoms with van der Waals surface area (Å²) >= 11 is 0. The van der Waals surface area contributed by atoms with E-state index in [0.29, 0.717) is 0 Å². The number of fused-ring (bicyclic) bond motifs is 12. The molecule has 0 N–H and O–H groups in total. The van der Waals surface area contributed by atoms with Crippen LogP contribution in [0.3, 0.4) is 0 Å². The molecule has 12 aromatic rings. The molecule has 2 aliphatic rings. The second kappa shape index (κ2) is 14.6. The molecule has 0 spiro atoms. The lowest BCUT2D eigenvalue weighted by molar-refractivity contribution is 0.630. The maximum Gasteiger partial charge on any atom is 0.0582 e. The molecular weight excluding hydrogens is 847 g/mol. The molecule has 0 bridgehead atoms. The summed E-state index contributed by atoms with van der Waals surface area (Å²) in [4.78, 5) is 0. The molecule has 1 aliphatic heterocycles. The Morgan fingerprint density at radius 1 is 0.400 bits per heavy atom. The zero-order chi connectivity index (χ0) is 47.2. The van der Waals surface area contributed by atoms with Gasteiger partial charge in [0.25, 0.3) is 0 Å². The van der Waals surface area contributed by atoms with Crippen LogP contribution in [-0.4, -0.2) is 13.7 Å². The number of hydrogen-bond acceptors (Lipinski definition) is 0. The number of benzene rings is 9. The van der Waals surface area contributed by atoms with Crippen LogP contribution in [0.1, 0.15) is 56.9 Å². The highest BCUT2D eigenvalue weighted by Crippen LogP contribution is 2.53. The topological polar surface area (TPSA) is 14.8 Å². The highest BCUT2D eigenvalue weighted by atomic mass is 15.0. The molecule has 3 nitrogen and oxygen atoms in total. The van der Waals surface area contributed by atoms with E-state index >= 15 is 0 Å². The van der Waals surface area contributed by atoms with Crippen LogP contribution >= 0.6 is 0 Å². The Hall–Kier alpha value is -8.40. The van der Waals surface area contributed by atoms with Gasteiger partial charge in [0, 0.05) is 54.5 Å². The maximum atomic E-state index is 4.17. The van der Waals surface area contributed by atoms with Gasteiger partial charge in [-0.15, -0.1) is 0 Å². The Kier molecular flexibility index (Phi) is 8.45. The molecule has 0 amide bonds. The summed E-state index contributed by atoms with van der Waals surface area (Å²) < 4.78 is 7.45. The summed E-state index contributed by atoms with van der Waals surface area (Å²) in [5.41, 5.74) is 23.4. The van der Waals surface area contributed by atoms with Gasteiger partial charge in [-0.1, -0.05) is 156 Å². The second-order valence-corrected chi connectivity index (χ2v) is 20.5. The SMILES string of the molecule is C=C/C=C1\C(=C/C)C(C)(C)c2cc3c(cc21)c1cc(-c2ccc4c(c2)c2cccc5c2n4-c2ccccc2C5(C)C)ccc1n3-c1ccc2c(c1)c1cc(-c3ccccc3)ccc1n2-c1ccccc1. The summed E-state index contributed by atoms with van der Waals surface area (Å²) in [5.74, 6) is 0. The van der Waals surface area contributed by atoms with Crippen molar-refractivity contribution in [2.75, 3.05) is 0 Å². The van der Waals surface area contributed by atoms with E-state index < -0.39 is 0 Å². The Morgan fingerprint density at radius 2 is 0.943 bits per heavy atom. The normalized spacial score (nSPS) is 15.8. The monoisotopic (exact) mass is 897 g/mol. The van der Waals surface area contributed by atoms with Crippen molar-refractivity contribution in [3.63, 3.8) is 0 Å². The van der Waals surface area contributed by atoms with E-state index in [1.165, 1.54) is 127 Å². The first kappa shape index (κ1) is 40.6. The zero-order valence-electron chi connectivity index (χ0n) is 40.2. The number of hydrogen-bond donors (Lipinski definition) is 0. The average Bonchev–Trinajstić information content (AvgIpc) is 4.07. The molecule has 0 saturated heterocycles. The Balaban J connectivity index is 1.02. The largest absolute Gasteiger partial charge is 0.309 e. The lowest BCUT2D eigenvalue weighted by Gasteiger charge is -2.34. The molecule has 3 heteroatoms. The second-order valence-electron chi connectivity index (χ2n) is 20.5. The van der Waals surface area contributed by atoms with Gasteiger partial charge in [0.1, 0.15) is 0 Å². The van der Waals surface area contributed by atoms with Crippen LogP contribution in [0.2, 0.25) is 0 Å². The van der Waals surface area contributed by atoms with Gasteiger partial charge in [-0.05, 0) is 148 Å². The minimum atomic E-state index is -0.188. The first-order chi connectivity index (χ1) is 34.1. The Labute approximate surface area is 408 Å². The molecule has 0 radical (unpaired) electrons. The number of allylic oxidation sites excluding steroid dienone is 5. The van der Waals surface area contributed by atoms with Crippen LogP contribution in [0.25, 0.3) is 110 Å². The van der Waals surface area contributed by atoms with Crippen molar-refractivity contribution in [2.45, 2.75) is 45.4 Å². The third kappa shape index (κ3) is 5.46. The number of nitrogens with zero attached hydrogens (tertiary/aromatic N) is 3. The summed E-state index contributed by atoms with van der Waals surface area (Å²) in [7, 11) is 0. The van der Waals surface area contributed by atoms with Gasteiger partial charge in [-0.3, -0.25) is 0 Å². The quantitative estimate of drug-likeness (QED) is 0.164. The zero-order valence-corrected chi connectivity index (χ0v) is 40.2. The van der Waals surface area contributed by atoms with Crippen molar-refractivity contribution < 1.29 is 0 Å². The molecular formula is C67H51N3. The van der Waals surface area contributed by atoms with Crippen LogP contribution in [0.4, 0.5) is 0 Å². The van der Waals surface area contributed by atoms with Gasteiger partial charge >= 0.3 is 0 Å². The number of aromatic nitrogens is 3. The summed E-state index contributed by atoms with van der Waals surface area (Å²) in [6.45, 7) is 15.8. The highest BCUT2D eigenvalue weighted by Gasteiger charge is 2.39. The third-order valence-electron chi connectivity index (χ3n) is 16.1. The predicted molar refractivity (Wildman–Crippen MR) is 297 cm³/mol. The maximum absolute atomic E-state index is 4.17. The smallest absolute Gasteiger partial charge is 0.0582 e. The molecule has 70 heavy (non-hydrogen) atoms. The standard InChI is InChI=1S/C67H51N3/c1-7-18-47-49-39-54-52-37-44(43-29-33-62-50(36-43)48-23-17-25-57-65(48)70(62)63-26-16-15-24-56(63)67(57,5)6)28-32-60(52)69(64(54)40-58(49)66(3,4)55(47)8-2)46-30-34-61-53(38-46)51-35-42(41-19-11-9-12-20-41)27-31-59(51)68(61)45-21-13-10-14-22-45/h7-40H,1H2,2-6H3/b47-18-,55-8+. The van der Waals surface area contributed by atoms with E-state index in [4.69, 9.17) is 0 Å². The molecule has 334 valence electrons. The van der Waals surface area contributed by atoms with Crippen LogP contribution in [0, 0.1) is 0 Å². The third-order valence-corrected chi connectivity index (χ3v) is 16.1. The van der Waals surface area contributed by atoms with Crippen molar-refractivity contribution in [1.29, 1.82) is 0 Å². The van der Waals surface area contributed by atoms with Crippen LogP contribution < -0.4 is 0 Å². The van der Waals surface area contributed by atoms with Gasteiger partial charge in [0.05, 0.1) is 38.8 Å². The summed E-state index contributed by atoms with van der Waals surface area (Å²) in [5, 5.41) is 7.51. The van der Waals surface area contributed by atoms with Gasteiger partial charge in [0.15, 0.2) is 0 Å². The van der Waals surface area contributed by atoms with Crippen LogP contribution in [0.15, 0.2) is 218 Å². The van der Waals surface area contributed by atoms with E-state index in [0.717, 1.165) is 11.4 Å². The van der Waals surface area contributed by atoms with Gasteiger partial charge < -0.3 is 13.7 Å². The number of rotatable bonds is 5. The van der Waals surface area contributed by atoms with Crippen molar-refractivity contribution in [1.82, 2.24) is 13.7 Å². The molecule has 1 aliphatic carbocycles. The van der Waals surface area contributed by atoms with E-state index in [2.05, 4.69) is 255 Å². The van der Waals surface area contributed by atoms with E-state index in [9.17, 15) is 0 Å². The molecule has 0 fully saturated rings. The minimum absolute atomic E-state index is 0.110. The van der Waals surface area contributed by atoms with Gasteiger partial charge in [0.2, 0.25) is 0 Å². The fraction of sp³-hybridized carbons (Fsp3) is 0.104. The molecule has 9 aromatic carbocycles. The average molecular weight is 898 g/mol. The van der Waals surface area contributed by atoms with Crippen LogP contribution in [0.5, 0.6) is 0 Å². The summed E-state index contributed by atoms with van der Waals surface area (Å²) in [6, 6.07) is 70.6.